The molecule has 28 heavy (non-hydrogen) atoms. The summed E-state index contributed by atoms with van der Waals surface area (Å²) in [6.45, 7) is 13.0. The van der Waals surface area contributed by atoms with Gasteiger partial charge >= 0.3 is 0 Å². The van der Waals surface area contributed by atoms with Gasteiger partial charge < -0.3 is 15.1 Å². The second-order valence-electron chi connectivity index (χ2n) is 8.17. The molecule has 1 aliphatic heterocycles. The van der Waals surface area contributed by atoms with Gasteiger partial charge in [0.05, 0.1) is 0 Å². The normalized spacial score (nSPS) is 16.0. The predicted octanol–water partition coefficient (Wildman–Crippen LogP) is 4.14. The Bertz CT molecular complexity index is 780. The van der Waals surface area contributed by atoms with Gasteiger partial charge in [-0.3, -0.25) is 4.90 Å². The van der Waals surface area contributed by atoms with E-state index in [0.717, 1.165) is 63.2 Å². The van der Waals surface area contributed by atoms with Crippen molar-refractivity contribution in [3.63, 3.8) is 0 Å². The van der Waals surface area contributed by atoms with Crippen LogP contribution in [0.5, 0.6) is 11.5 Å². The first kappa shape index (κ1) is 20.7. The van der Waals surface area contributed by atoms with Gasteiger partial charge in [0, 0.05) is 38.8 Å². The molecule has 3 rings (SSSR count). The van der Waals surface area contributed by atoms with Crippen molar-refractivity contribution in [3.8, 4) is 11.5 Å². The molecule has 0 spiro atoms. The fraction of sp³-hybridized carbons (Fsp3) is 0.500. The molecule has 2 aromatic carbocycles. The Labute approximate surface area is 169 Å². The van der Waals surface area contributed by atoms with Gasteiger partial charge in [-0.1, -0.05) is 45.0 Å². The molecule has 0 bridgehead atoms. The van der Waals surface area contributed by atoms with E-state index in [1.165, 1.54) is 17.2 Å². The largest absolute Gasteiger partial charge is 0.508 e. The topological polar surface area (TPSA) is 46.9 Å². The average molecular weight is 383 g/mol. The minimum Gasteiger partial charge on any atom is -0.508 e. The molecule has 1 heterocycles. The summed E-state index contributed by atoms with van der Waals surface area (Å²) in [5.41, 5.74) is 4.54. The maximum Gasteiger partial charge on any atom is 0.122 e. The number of benzene rings is 2. The van der Waals surface area contributed by atoms with Crippen molar-refractivity contribution in [1.82, 2.24) is 9.80 Å². The maximum absolute atomic E-state index is 10.3. The summed E-state index contributed by atoms with van der Waals surface area (Å²) >= 11 is 0. The lowest BCUT2D eigenvalue weighted by Crippen LogP contribution is -2.45. The minimum absolute atomic E-state index is 0.183. The van der Waals surface area contributed by atoms with Crippen LogP contribution in [-0.2, 0) is 19.4 Å². The van der Waals surface area contributed by atoms with Crippen molar-refractivity contribution in [2.75, 3.05) is 32.7 Å². The van der Waals surface area contributed by atoms with E-state index < -0.39 is 0 Å². The van der Waals surface area contributed by atoms with Crippen LogP contribution in [0.1, 0.15) is 48.9 Å². The van der Waals surface area contributed by atoms with Gasteiger partial charge in [0.2, 0.25) is 0 Å². The van der Waals surface area contributed by atoms with E-state index >= 15 is 0 Å². The first-order chi connectivity index (χ1) is 13.5. The highest BCUT2D eigenvalue weighted by atomic mass is 16.3. The summed E-state index contributed by atoms with van der Waals surface area (Å²) in [4.78, 5) is 5.04. The number of nitrogens with zero attached hydrogens (tertiary/aromatic N) is 2. The van der Waals surface area contributed by atoms with Gasteiger partial charge in [-0.05, 0) is 53.6 Å². The summed E-state index contributed by atoms with van der Waals surface area (Å²) in [6.07, 6.45) is 1.66. The molecule has 152 valence electrons. The molecule has 1 saturated heterocycles. The fourth-order valence-electron chi connectivity index (χ4n) is 4.03. The molecular weight excluding hydrogens is 348 g/mol. The van der Waals surface area contributed by atoms with Crippen LogP contribution in [0.4, 0.5) is 0 Å². The van der Waals surface area contributed by atoms with Gasteiger partial charge in [0.1, 0.15) is 11.5 Å². The summed E-state index contributed by atoms with van der Waals surface area (Å²) in [6, 6.07) is 12.1. The maximum atomic E-state index is 10.3. The average Bonchev–Trinajstić information content (AvgIpc) is 2.68. The van der Waals surface area contributed by atoms with Crippen molar-refractivity contribution in [1.29, 1.82) is 0 Å². The number of hydrogen-bond acceptors (Lipinski definition) is 4. The summed E-state index contributed by atoms with van der Waals surface area (Å²) in [5, 5.41) is 20.3. The third kappa shape index (κ3) is 5.06. The van der Waals surface area contributed by atoms with Crippen LogP contribution in [-0.4, -0.2) is 52.7 Å². The number of aromatic hydroxyl groups is 2. The third-order valence-corrected chi connectivity index (χ3v) is 5.94. The molecule has 0 saturated carbocycles. The predicted molar refractivity (Wildman–Crippen MR) is 115 cm³/mol. The minimum atomic E-state index is 0.183. The number of aryl methyl sites for hydroxylation is 2. The molecule has 4 nitrogen and oxygen atoms in total. The monoisotopic (exact) mass is 382 g/mol. The Balaban J connectivity index is 1.68. The third-order valence-electron chi connectivity index (χ3n) is 5.94. The lowest BCUT2D eigenvalue weighted by atomic mass is 9.94. The number of phenolic OH excluding ortho intramolecular Hbond substituents is 2. The van der Waals surface area contributed by atoms with E-state index in [0.29, 0.717) is 0 Å². The molecule has 2 aromatic rings. The summed E-state index contributed by atoms with van der Waals surface area (Å²) in [5.74, 6) is 0.603. The molecule has 0 atom stereocenters. The molecule has 0 aromatic heterocycles. The van der Waals surface area contributed by atoms with Crippen molar-refractivity contribution >= 4 is 0 Å². The van der Waals surface area contributed by atoms with E-state index in [-0.39, 0.29) is 17.4 Å². The van der Waals surface area contributed by atoms with Crippen molar-refractivity contribution < 1.29 is 10.2 Å². The van der Waals surface area contributed by atoms with Crippen LogP contribution >= 0.6 is 0 Å². The summed E-state index contributed by atoms with van der Waals surface area (Å²) < 4.78 is 0. The highest BCUT2D eigenvalue weighted by Crippen LogP contribution is 2.33. The van der Waals surface area contributed by atoms with Crippen molar-refractivity contribution in [2.24, 2.45) is 0 Å². The van der Waals surface area contributed by atoms with Crippen LogP contribution in [0.3, 0.4) is 0 Å². The van der Waals surface area contributed by atoms with Crippen LogP contribution in [0.2, 0.25) is 0 Å². The quantitative estimate of drug-likeness (QED) is 0.755. The van der Waals surface area contributed by atoms with E-state index in [1.807, 2.05) is 6.07 Å². The number of rotatable bonds is 7. The first-order valence-corrected chi connectivity index (χ1v) is 10.5. The Morgan fingerprint density at radius 3 is 2.07 bits per heavy atom. The zero-order chi connectivity index (χ0) is 20.1. The van der Waals surface area contributed by atoms with Gasteiger partial charge in [-0.2, -0.15) is 0 Å². The Morgan fingerprint density at radius 2 is 1.43 bits per heavy atom. The number of hydrogen-bond donors (Lipinski definition) is 2. The van der Waals surface area contributed by atoms with Gasteiger partial charge in [-0.15, -0.1) is 0 Å². The Kier molecular flexibility index (Phi) is 6.97. The second kappa shape index (κ2) is 9.44. The smallest absolute Gasteiger partial charge is 0.122 e. The molecule has 1 aliphatic rings. The number of phenols is 2. The molecule has 0 radical (unpaired) electrons. The standard InChI is InChI=1S/C24H34N2O2/c1-4-25-11-13-26(14-12-25)17-21-8-6-5-7-19(21)9-10-20-15-22(18(2)3)24(28)16-23(20)27/h5-8,15-16,18,27-28H,4,9-14,17H2,1-3H3. The molecule has 2 N–H and O–H groups in total. The van der Waals surface area contributed by atoms with Crippen molar-refractivity contribution in [3.05, 3.63) is 58.7 Å². The molecule has 0 aliphatic carbocycles. The molecule has 0 unspecified atom stereocenters. The lowest BCUT2D eigenvalue weighted by molar-refractivity contribution is 0.131. The van der Waals surface area contributed by atoms with Crippen LogP contribution in [0.15, 0.2) is 36.4 Å². The van der Waals surface area contributed by atoms with Crippen LogP contribution < -0.4 is 0 Å². The Hall–Kier alpha value is -2.04. The van der Waals surface area contributed by atoms with E-state index in [4.69, 9.17) is 0 Å². The summed E-state index contributed by atoms with van der Waals surface area (Å²) in [7, 11) is 0. The fourth-order valence-corrected chi connectivity index (χ4v) is 4.03. The zero-order valence-corrected chi connectivity index (χ0v) is 17.5. The van der Waals surface area contributed by atoms with Gasteiger partial charge in [0.25, 0.3) is 0 Å². The highest BCUT2D eigenvalue weighted by Gasteiger charge is 2.17. The van der Waals surface area contributed by atoms with Crippen LogP contribution in [0.25, 0.3) is 0 Å². The van der Waals surface area contributed by atoms with Crippen LogP contribution in [0, 0.1) is 0 Å². The number of piperazine rings is 1. The van der Waals surface area contributed by atoms with Crippen molar-refractivity contribution in [2.45, 2.75) is 46.1 Å². The highest BCUT2D eigenvalue weighted by molar-refractivity contribution is 5.47. The first-order valence-electron chi connectivity index (χ1n) is 10.5. The second-order valence-corrected chi connectivity index (χ2v) is 8.17. The zero-order valence-electron chi connectivity index (χ0n) is 17.5. The van der Waals surface area contributed by atoms with E-state index in [9.17, 15) is 10.2 Å². The van der Waals surface area contributed by atoms with E-state index in [1.54, 1.807) is 0 Å². The van der Waals surface area contributed by atoms with Gasteiger partial charge in [-0.25, -0.2) is 0 Å². The molecule has 4 heteroatoms. The van der Waals surface area contributed by atoms with E-state index in [2.05, 4.69) is 54.8 Å². The lowest BCUT2D eigenvalue weighted by Gasteiger charge is -2.34. The van der Waals surface area contributed by atoms with Gasteiger partial charge in [0.15, 0.2) is 0 Å². The molecule has 1 fully saturated rings. The number of likely N-dealkylation sites (N-methyl/N-ethyl adjacent to an activating group) is 1. The molecular formula is C24H34N2O2. The SMILES string of the molecule is CCN1CCN(Cc2ccccc2CCc2cc(C(C)C)c(O)cc2O)CC1. The molecule has 0 amide bonds. The Morgan fingerprint density at radius 1 is 0.821 bits per heavy atom.